The summed E-state index contributed by atoms with van der Waals surface area (Å²) in [7, 11) is 0. The molecule has 0 aliphatic rings. The molecule has 0 saturated carbocycles. The molecule has 0 radical (unpaired) electrons. The average Bonchev–Trinajstić information content (AvgIpc) is 2.74. The zero-order chi connectivity index (χ0) is 10.7. The standard InChI is InChI=1S/C11H9Cl2NS/c12-10(9-2-4-15-7-9)5-8-1-3-14-6-11(8)13/h1-4,6-7,10H,5H2. The second-order valence-electron chi connectivity index (χ2n) is 3.20. The molecular weight excluding hydrogens is 249 g/mol. The maximum Gasteiger partial charge on any atom is 0.0634 e. The van der Waals surface area contributed by atoms with Gasteiger partial charge in [0.05, 0.1) is 10.4 Å². The van der Waals surface area contributed by atoms with Gasteiger partial charge < -0.3 is 0 Å². The molecule has 0 saturated heterocycles. The molecule has 0 N–H and O–H groups in total. The molecule has 1 unspecified atom stereocenters. The van der Waals surface area contributed by atoms with Gasteiger partial charge in [-0.2, -0.15) is 11.3 Å². The summed E-state index contributed by atoms with van der Waals surface area (Å²) in [6.45, 7) is 0. The van der Waals surface area contributed by atoms with Crippen molar-refractivity contribution >= 4 is 34.5 Å². The van der Waals surface area contributed by atoms with Gasteiger partial charge >= 0.3 is 0 Å². The van der Waals surface area contributed by atoms with Crippen molar-refractivity contribution in [2.45, 2.75) is 11.8 Å². The van der Waals surface area contributed by atoms with Crippen molar-refractivity contribution in [3.8, 4) is 0 Å². The van der Waals surface area contributed by atoms with Crippen molar-refractivity contribution in [2.24, 2.45) is 0 Å². The molecular formula is C11H9Cl2NS. The Bertz CT molecular complexity index is 428. The Morgan fingerprint density at radius 1 is 1.40 bits per heavy atom. The van der Waals surface area contributed by atoms with E-state index < -0.39 is 0 Å². The molecule has 2 aromatic heterocycles. The quantitative estimate of drug-likeness (QED) is 0.747. The fourth-order valence-corrected chi connectivity index (χ4v) is 2.62. The van der Waals surface area contributed by atoms with Gasteiger partial charge in [0.1, 0.15) is 0 Å². The van der Waals surface area contributed by atoms with Crippen molar-refractivity contribution in [1.82, 2.24) is 4.98 Å². The summed E-state index contributed by atoms with van der Waals surface area (Å²) in [4.78, 5) is 3.94. The van der Waals surface area contributed by atoms with Gasteiger partial charge in [0, 0.05) is 12.4 Å². The minimum Gasteiger partial charge on any atom is -0.263 e. The summed E-state index contributed by atoms with van der Waals surface area (Å²) < 4.78 is 0. The first-order valence-electron chi connectivity index (χ1n) is 4.52. The zero-order valence-electron chi connectivity index (χ0n) is 7.86. The molecule has 2 heterocycles. The van der Waals surface area contributed by atoms with Crippen LogP contribution in [0.15, 0.2) is 35.3 Å². The van der Waals surface area contributed by atoms with E-state index in [1.165, 1.54) is 0 Å². The van der Waals surface area contributed by atoms with Crippen LogP contribution in [-0.4, -0.2) is 4.98 Å². The van der Waals surface area contributed by atoms with Crippen molar-refractivity contribution in [1.29, 1.82) is 0 Å². The zero-order valence-corrected chi connectivity index (χ0v) is 10.2. The fraction of sp³-hybridized carbons (Fsp3) is 0.182. The Hall–Kier alpha value is -0.570. The molecule has 0 fully saturated rings. The number of alkyl halides is 1. The highest BCUT2D eigenvalue weighted by molar-refractivity contribution is 7.08. The van der Waals surface area contributed by atoms with Gasteiger partial charge in [-0.15, -0.1) is 11.6 Å². The number of aromatic nitrogens is 1. The average molecular weight is 258 g/mol. The first-order valence-corrected chi connectivity index (χ1v) is 6.27. The molecule has 78 valence electrons. The minimum absolute atomic E-state index is 0.0175. The van der Waals surface area contributed by atoms with E-state index in [9.17, 15) is 0 Å². The molecule has 0 bridgehead atoms. The number of rotatable bonds is 3. The van der Waals surface area contributed by atoms with Gasteiger partial charge in [0.2, 0.25) is 0 Å². The van der Waals surface area contributed by atoms with E-state index in [2.05, 4.69) is 10.4 Å². The molecule has 0 spiro atoms. The van der Waals surface area contributed by atoms with Crippen LogP contribution in [0.4, 0.5) is 0 Å². The topological polar surface area (TPSA) is 12.9 Å². The molecule has 4 heteroatoms. The molecule has 1 atom stereocenters. The normalized spacial score (nSPS) is 12.7. The largest absolute Gasteiger partial charge is 0.263 e. The molecule has 0 aliphatic carbocycles. The van der Waals surface area contributed by atoms with Crippen LogP contribution >= 0.6 is 34.5 Å². The molecule has 15 heavy (non-hydrogen) atoms. The maximum absolute atomic E-state index is 6.28. The van der Waals surface area contributed by atoms with Gasteiger partial charge in [0.25, 0.3) is 0 Å². The van der Waals surface area contributed by atoms with Crippen LogP contribution in [-0.2, 0) is 6.42 Å². The number of hydrogen-bond acceptors (Lipinski definition) is 2. The third-order valence-corrected chi connectivity index (χ3v) is 3.61. The Balaban J connectivity index is 2.13. The van der Waals surface area contributed by atoms with E-state index in [1.54, 1.807) is 23.7 Å². The monoisotopic (exact) mass is 257 g/mol. The molecule has 0 aliphatic heterocycles. The number of pyridine rings is 1. The van der Waals surface area contributed by atoms with E-state index in [1.807, 2.05) is 17.5 Å². The number of nitrogens with zero attached hydrogens (tertiary/aromatic N) is 1. The van der Waals surface area contributed by atoms with E-state index in [-0.39, 0.29) is 5.38 Å². The number of halogens is 2. The number of hydrogen-bond donors (Lipinski definition) is 0. The first-order chi connectivity index (χ1) is 7.27. The van der Waals surface area contributed by atoms with Crippen molar-refractivity contribution in [3.63, 3.8) is 0 Å². The summed E-state index contributed by atoms with van der Waals surface area (Å²) in [5.41, 5.74) is 2.19. The van der Waals surface area contributed by atoms with Crippen LogP contribution in [0.1, 0.15) is 16.5 Å². The summed E-state index contributed by atoms with van der Waals surface area (Å²) in [6, 6.07) is 3.95. The van der Waals surface area contributed by atoms with Crippen molar-refractivity contribution in [2.75, 3.05) is 0 Å². The van der Waals surface area contributed by atoms with Crippen LogP contribution in [0, 0.1) is 0 Å². The third kappa shape index (κ3) is 2.71. The number of thiophene rings is 1. The highest BCUT2D eigenvalue weighted by atomic mass is 35.5. The predicted octanol–water partition coefficient (Wildman–Crippen LogP) is 4.32. The molecule has 1 nitrogen and oxygen atoms in total. The highest BCUT2D eigenvalue weighted by Gasteiger charge is 2.11. The van der Waals surface area contributed by atoms with E-state index in [0.29, 0.717) is 5.02 Å². The van der Waals surface area contributed by atoms with Crippen LogP contribution < -0.4 is 0 Å². The van der Waals surface area contributed by atoms with Gasteiger partial charge in [-0.25, -0.2) is 0 Å². The maximum atomic E-state index is 6.28. The minimum atomic E-state index is -0.0175. The third-order valence-electron chi connectivity index (χ3n) is 2.16. The van der Waals surface area contributed by atoms with Crippen LogP contribution in [0.2, 0.25) is 5.02 Å². The predicted molar refractivity (Wildman–Crippen MR) is 65.9 cm³/mol. The Labute approximate surface area is 103 Å². The van der Waals surface area contributed by atoms with E-state index in [0.717, 1.165) is 17.5 Å². The lowest BCUT2D eigenvalue weighted by atomic mass is 10.1. The lowest BCUT2D eigenvalue weighted by Gasteiger charge is -2.08. The van der Waals surface area contributed by atoms with Gasteiger partial charge in [-0.05, 0) is 40.4 Å². The van der Waals surface area contributed by atoms with Crippen molar-refractivity contribution in [3.05, 3.63) is 51.4 Å². The van der Waals surface area contributed by atoms with Crippen LogP contribution in [0.5, 0.6) is 0 Å². The van der Waals surface area contributed by atoms with Crippen LogP contribution in [0.25, 0.3) is 0 Å². The van der Waals surface area contributed by atoms with Crippen molar-refractivity contribution < 1.29 is 0 Å². The molecule has 0 amide bonds. The van der Waals surface area contributed by atoms with Gasteiger partial charge in [-0.1, -0.05) is 11.6 Å². The summed E-state index contributed by atoms with van der Waals surface area (Å²) in [5.74, 6) is 0. The molecule has 0 aromatic carbocycles. The molecule has 2 rings (SSSR count). The lowest BCUT2D eigenvalue weighted by Crippen LogP contribution is -1.95. The second-order valence-corrected chi connectivity index (χ2v) is 4.91. The molecule has 2 aromatic rings. The Kier molecular flexibility index (Phi) is 3.62. The van der Waals surface area contributed by atoms with Crippen LogP contribution in [0.3, 0.4) is 0 Å². The van der Waals surface area contributed by atoms with E-state index in [4.69, 9.17) is 23.2 Å². The first kappa shape index (κ1) is 10.9. The Morgan fingerprint density at radius 2 is 2.27 bits per heavy atom. The summed E-state index contributed by atoms with van der Waals surface area (Å²) in [5, 5.41) is 4.75. The van der Waals surface area contributed by atoms with Gasteiger partial charge in [-0.3, -0.25) is 4.98 Å². The fourth-order valence-electron chi connectivity index (χ4n) is 1.33. The summed E-state index contributed by atoms with van der Waals surface area (Å²) in [6.07, 6.45) is 4.12. The SMILES string of the molecule is Clc1cnccc1CC(Cl)c1ccsc1. The highest BCUT2D eigenvalue weighted by Crippen LogP contribution is 2.28. The smallest absolute Gasteiger partial charge is 0.0634 e. The lowest BCUT2D eigenvalue weighted by molar-refractivity contribution is 0.921. The van der Waals surface area contributed by atoms with Gasteiger partial charge in [0.15, 0.2) is 0 Å². The second kappa shape index (κ2) is 4.97. The van der Waals surface area contributed by atoms with E-state index >= 15 is 0 Å². The summed E-state index contributed by atoms with van der Waals surface area (Å²) >= 11 is 13.9. The Morgan fingerprint density at radius 3 is 2.93 bits per heavy atom.